The van der Waals surface area contributed by atoms with Crippen LogP contribution in [-0.4, -0.2) is 17.6 Å². The molecule has 1 saturated carbocycles. The molecule has 1 N–H and O–H groups in total. The van der Waals surface area contributed by atoms with Gasteiger partial charge in [0.1, 0.15) is 5.75 Å². The van der Waals surface area contributed by atoms with Gasteiger partial charge in [-0.25, -0.2) is 0 Å². The third kappa shape index (κ3) is 2.72. The molecule has 2 nitrogen and oxygen atoms in total. The minimum Gasteiger partial charge on any atom is -0.406 e. The maximum atomic E-state index is 12.0. The van der Waals surface area contributed by atoms with E-state index in [0.717, 1.165) is 5.56 Å². The highest BCUT2D eigenvalue weighted by molar-refractivity contribution is 5.33. The van der Waals surface area contributed by atoms with E-state index >= 15 is 0 Å². The zero-order valence-electron chi connectivity index (χ0n) is 9.24. The Morgan fingerprint density at radius 2 is 2.06 bits per heavy atom. The highest BCUT2D eigenvalue weighted by Gasteiger charge is 2.37. The smallest absolute Gasteiger partial charge is 0.406 e. The first kappa shape index (κ1) is 12.2. The maximum Gasteiger partial charge on any atom is 0.573 e. The lowest BCUT2D eigenvalue weighted by Crippen LogP contribution is -2.37. The molecule has 3 atom stereocenters. The molecule has 0 aliphatic heterocycles. The number of aliphatic hydroxyl groups is 1. The van der Waals surface area contributed by atoms with Crippen LogP contribution in [0.3, 0.4) is 0 Å². The predicted octanol–water partition coefficient (Wildman–Crippen LogP) is 3.07. The van der Waals surface area contributed by atoms with E-state index in [1.807, 2.05) is 6.92 Å². The van der Waals surface area contributed by atoms with Crippen LogP contribution in [0.2, 0.25) is 0 Å². The summed E-state index contributed by atoms with van der Waals surface area (Å²) in [6.07, 6.45) is -4.42. The SMILES string of the molecule is CC1C(O)CC1c1cccc(OC(F)(F)F)c1. The fraction of sp³-hybridized carbons (Fsp3) is 0.500. The van der Waals surface area contributed by atoms with Crippen molar-refractivity contribution in [1.82, 2.24) is 0 Å². The Morgan fingerprint density at radius 1 is 1.35 bits per heavy atom. The molecule has 5 heteroatoms. The summed E-state index contributed by atoms with van der Waals surface area (Å²) in [6.45, 7) is 1.89. The topological polar surface area (TPSA) is 29.5 Å². The molecule has 0 radical (unpaired) electrons. The zero-order valence-corrected chi connectivity index (χ0v) is 9.24. The first-order valence-electron chi connectivity index (χ1n) is 5.40. The molecule has 0 bridgehead atoms. The molecule has 0 aromatic heterocycles. The van der Waals surface area contributed by atoms with Crippen molar-refractivity contribution in [3.8, 4) is 5.75 Å². The van der Waals surface area contributed by atoms with Crippen LogP contribution in [-0.2, 0) is 0 Å². The first-order valence-corrected chi connectivity index (χ1v) is 5.40. The summed E-state index contributed by atoms with van der Waals surface area (Å²) < 4.78 is 40.0. The van der Waals surface area contributed by atoms with Crippen molar-refractivity contribution in [1.29, 1.82) is 0 Å². The van der Waals surface area contributed by atoms with Crippen LogP contribution in [0.4, 0.5) is 13.2 Å². The highest BCUT2D eigenvalue weighted by atomic mass is 19.4. The van der Waals surface area contributed by atoms with E-state index in [2.05, 4.69) is 4.74 Å². The summed E-state index contributed by atoms with van der Waals surface area (Å²) in [5, 5.41) is 9.39. The average molecular weight is 246 g/mol. The number of aliphatic hydroxyl groups excluding tert-OH is 1. The number of alkyl halides is 3. The number of rotatable bonds is 2. The van der Waals surface area contributed by atoms with Crippen molar-refractivity contribution in [3.63, 3.8) is 0 Å². The number of benzene rings is 1. The molecule has 0 spiro atoms. The lowest BCUT2D eigenvalue weighted by Gasteiger charge is -2.39. The van der Waals surface area contributed by atoms with Gasteiger partial charge < -0.3 is 9.84 Å². The van der Waals surface area contributed by atoms with Gasteiger partial charge in [-0.2, -0.15) is 0 Å². The van der Waals surface area contributed by atoms with Crippen LogP contribution in [0.15, 0.2) is 24.3 Å². The van der Waals surface area contributed by atoms with Gasteiger partial charge in [-0.05, 0) is 36.0 Å². The summed E-state index contributed by atoms with van der Waals surface area (Å²) in [7, 11) is 0. The molecular formula is C12H13F3O2. The van der Waals surface area contributed by atoms with Crippen LogP contribution in [0, 0.1) is 5.92 Å². The molecule has 3 unspecified atom stereocenters. The van der Waals surface area contributed by atoms with E-state index in [-0.39, 0.29) is 23.7 Å². The summed E-state index contributed by atoms with van der Waals surface area (Å²) in [4.78, 5) is 0. The molecule has 0 amide bonds. The Bertz CT molecular complexity index is 403. The molecule has 1 aromatic carbocycles. The summed E-state index contributed by atoms with van der Waals surface area (Å²) in [5.74, 6) is -0.0125. The Hall–Kier alpha value is -1.23. The van der Waals surface area contributed by atoms with Crippen LogP contribution >= 0.6 is 0 Å². The largest absolute Gasteiger partial charge is 0.573 e. The highest BCUT2D eigenvalue weighted by Crippen LogP contribution is 2.43. The van der Waals surface area contributed by atoms with E-state index in [1.165, 1.54) is 18.2 Å². The molecule has 0 saturated heterocycles. The van der Waals surface area contributed by atoms with Gasteiger partial charge in [0, 0.05) is 0 Å². The number of hydrogen-bond acceptors (Lipinski definition) is 2. The maximum absolute atomic E-state index is 12.0. The Morgan fingerprint density at radius 3 is 2.59 bits per heavy atom. The lowest BCUT2D eigenvalue weighted by molar-refractivity contribution is -0.274. The minimum absolute atomic E-state index is 0.0798. The van der Waals surface area contributed by atoms with Gasteiger partial charge in [-0.3, -0.25) is 0 Å². The van der Waals surface area contributed by atoms with Gasteiger partial charge in [-0.15, -0.1) is 13.2 Å². The quantitative estimate of drug-likeness (QED) is 0.869. The predicted molar refractivity (Wildman–Crippen MR) is 55.7 cm³/mol. The number of hydrogen-bond donors (Lipinski definition) is 1. The fourth-order valence-corrected chi connectivity index (χ4v) is 2.14. The molecule has 94 valence electrons. The third-order valence-corrected chi connectivity index (χ3v) is 3.26. The Labute approximate surface area is 97.0 Å². The molecule has 1 aliphatic carbocycles. The van der Waals surface area contributed by atoms with E-state index < -0.39 is 6.36 Å². The molecule has 1 fully saturated rings. The van der Waals surface area contributed by atoms with Gasteiger partial charge in [0.2, 0.25) is 0 Å². The molecule has 1 aliphatic rings. The van der Waals surface area contributed by atoms with E-state index in [4.69, 9.17) is 0 Å². The van der Waals surface area contributed by atoms with Crippen molar-refractivity contribution in [3.05, 3.63) is 29.8 Å². The van der Waals surface area contributed by atoms with Gasteiger partial charge in [0.25, 0.3) is 0 Å². The molecule has 17 heavy (non-hydrogen) atoms. The van der Waals surface area contributed by atoms with Crippen LogP contribution < -0.4 is 4.74 Å². The van der Waals surface area contributed by atoms with Crippen molar-refractivity contribution in [2.75, 3.05) is 0 Å². The van der Waals surface area contributed by atoms with E-state index in [0.29, 0.717) is 6.42 Å². The molecule has 1 aromatic rings. The van der Waals surface area contributed by atoms with Crippen molar-refractivity contribution < 1.29 is 23.0 Å². The summed E-state index contributed by atoms with van der Waals surface area (Å²) in [5.41, 5.74) is 0.782. The Balaban J connectivity index is 2.12. The first-order chi connectivity index (χ1) is 7.87. The second-order valence-electron chi connectivity index (χ2n) is 4.39. The van der Waals surface area contributed by atoms with Gasteiger partial charge >= 0.3 is 6.36 Å². The van der Waals surface area contributed by atoms with Gasteiger partial charge in [-0.1, -0.05) is 19.1 Å². The number of halogens is 3. The van der Waals surface area contributed by atoms with Crippen LogP contribution in [0.5, 0.6) is 5.75 Å². The molecular weight excluding hydrogens is 233 g/mol. The standard InChI is InChI=1S/C12H13F3O2/c1-7-10(6-11(7)16)8-3-2-4-9(5-8)17-12(13,14)15/h2-5,7,10-11,16H,6H2,1H3. The second-order valence-corrected chi connectivity index (χ2v) is 4.39. The average Bonchev–Trinajstić information content (AvgIpc) is 2.23. The second kappa shape index (κ2) is 4.22. The zero-order chi connectivity index (χ0) is 12.6. The van der Waals surface area contributed by atoms with Crippen molar-refractivity contribution >= 4 is 0 Å². The van der Waals surface area contributed by atoms with Crippen LogP contribution in [0.1, 0.15) is 24.8 Å². The minimum atomic E-state index is -4.66. The van der Waals surface area contributed by atoms with E-state index in [9.17, 15) is 18.3 Å². The molecule has 0 heterocycles. The fourth-order valence-electron chi connectivity index (χ4n) is 2.14. The Kier molecular flexibility index (Phi) is 3.03. The van der Waals surface area contributed by atoms with Crippen LogP contribution in [0.25, 0.3) is 0 Å². The number of ether oxygens (including phenoxy) is 1. The molecule has 2 rings (SSSR count). The third-order valence-electron chi connectivity index (χ3n) is 3.26. The van der Waals surface area contributed by atoms with Crippen molar-refractivity contribution in [2.24, 2.45) is 5.92 Å². The van der Waals surface area contributed by atoms with Gasteiger partial charge in [0.15, 0.2) is 0 Å². The van der Waals surface area contributed by atoms with Gasteiger partial charge in [0.05, 0.1) is 6.10 Å². The monoisotopic (exact) mass is 246 g/mol. The summed E-state index contributed by atoms with van der Waals surface area (Å²) >= 11 is 0. The van der Waals surface area contributed by atoms with Crippen molar-refractivity contribution in [2.45, 2.75) is 31.7 Å². The van der Waals surface area contributed by atoms with E-state index in [1.54, 1.807) is 6.07 Å². The normalized spacial score (nSPS) is 28.6. The lowest BCUT2D eigenvalue weighted by atomic mass is 9.69. The summed E-state index contributed by atoms with van der Waals surface area (Å²) in [6, 6.07) is 5.96.